The summed E-state index contributed by atoms with van der Waals surface area (Å²) in [6.45, 7) is 0. The van der Waals surface area contributed by atoms with Gasteiger partial charge in [-0.3, -0.25) is 9.78 Å². The van der Waals surface area contributed by atoms with Crippen LogP contribution in [0.5, 0.6) is 0 Å². The van der Waals surface area contributed by atoms with Gasteiger partial charge in [0, 0.05) is 30.1 Å². The van der Waals surface area contributed by atoms with Crippen LogP contribution in [-0.4, -0.2) is 15.9 Å². The molecule has 6 rings (SSSR count). The van der Waals surface area contributed by atoms with E-state index in [0.717, 1.165) is 29.7 Å². The summed E-state index contributed by atoms with van der Waals surface area (Å²) in [7, 11) is 0. The van der Waals surface area contributed by atoms with Crippen molar-refractivity contribution >= 4 is 22.4 Å². The molecule has 2 aromatic heterocycles. The monoisotopic (exact) mass is 487 g/mol. The molecule has 1 N–H and O–H groups in total. The van der Waals surface area contributed by atoms with Crippen molar-refractivity contribution in [2.75, 3.05) is 5.32 Å². The van der Waals surface area contributed by atoms with Gasteiger partial charge in [0.2, 0.25) is 5.91 Å². The second kappa shape index (κ2) is 9.88. The van der Waals surface area contributed by atoms with Crippen molar-refractivity contribution in [1.29, 1.82) is 0 Å². The number of amides is 1. The minimum Gasteiger partial charge on any atom is -0.302 e. The number of carbonyl (C=O) groups is 1. The minimum absolute atomic E-state index is 0.0302. The van der Waals surface area contributed by atoms with E-state index >= 15 is 0 Å². The molecule has 0 radical (unpaired) electrons. The van der Waals surface area contributed by atoms with Gasteiger partial charge in [-0.05, 0) is 51.9 Å². The Bertz CT molecular complexity index is 1480. The lowest BCUT2D eigenvalue weighted by Crippen LogP contribution is -2.26. The van der Waals surface area contributed by atoms with E-state index in [9.17, 15) is 4.79 Å². The van der Waals surface area contributed by atoms with E-state index in [1.165, 1.54) is 33.6 Å². The highest BCUT2D eigenvalue weighted by atomic mass is 32.1. The first-order chi connectivity index (χ1) is 17.7. The lowest BCUT2D eigenvalue weighted by Gasteiger charge is -2.20. The van der Waals surface area contributed by atoms with Gasteiger partial charge < -0.3 is 5.32 Å². The smallest absolute Gasteiger partial charge is 0.230 e. The Kier molecular flexibility index (Phi) is 6.14. The standard InChI is InChI=1S/C31H25N3OS/c35-30(28-19-25-8-4-5-9-27(25)29(28)24-6-2-1-3-7-24)34-31-33-26(20-36-31)18-21-10-12-22(13-11-21)23-14-16-32-17-15-23/h1-17,20,28-29H,18-19H2,(H,33,34,35)/t28-,29-/m1/s1. The van der Waals surface area contributed by atoms with Gasteiger partial charge in [0.05, 0.1) is 11.6 Å². The maximum atomic E-state index is 13.5. The number of carbonyl (C=O) groups excluding carboxylic acids is 1. The van der Waals surface area contributed by atoms with Crippen LogP contribution in [0.2, 0.25) is 0 Å². The molecule has 0 aliphatic heterocycles. The Morgan fingerprint density at radius 1 is 0.861 bits per heavy atom. The molecule has 1 aliphatic rings. The van der Waals surface area contributed by atoms with E-state index in [2.05, 4.69) is 71.0 Å². The number of aromatic nitrogens is 2. The largest absolute Gasteiger partial charge is 0.302 e. The van der Waals surface area contributed by atoms with Crippen LogP contribution in [0, 0.1) is 5.92 Å². The first-order valence-electron chi connectivity index (χ1n) is 12.1. The molecular weight excluding hydrogens is 462 g/mol. The maximum Gasteiger partial charge on any atom is 0.230 e. The molecule has 0 unspecified atom stereocenters. The van der Waals surface area contributed by atoms with Crippen molar-refractivity contribution in [2.24, 2.45) is 5.92 Å². The van der Waals surface area contributed by atoms with Crippen molar-refractivity contribution in [3.8, 4) is 11.1 Å². The highest BCUT2D eigenvalue weighted by Gasteiger charge is 2.38. The number of hydrogen-bond donors (Lipinski definition) is 1. The molecule has 2 heterocycles. The number of pyridine rings is 1. The Balaban J connectivity index is 1.15. The molecule has 0 spiro atoms. The molecule has 4 nitrogen and oxygen atoms in total. The molecule has 3 aromatic carbocycles. The Morgan fingerprint density at radius 3 is 2.39 bits per heavy atom. The topological polar surface area (TPSA) is 54.9 Å². The fraction of sp³-hybridized carbons (Fsp3) is 0.129. The average molecular weight is 488 g/mol. The van der Waals surface area contributed by atoms with Crippen molar-refractivity contribution in [3.05, 3.63) is 137 Å². The zero-order chi connectivity index (χ0) is 24.3. The van der Waals surface area contributed by atoms with Gasteiger partial charge in [-0.1, -0.05) is 78.9 Å². The number of thiazole rings is 1. The summed E-state index contributed by atoms with van der Waals surface area (Å²) in [5, 5.41) is 5.81. The Hall–Kier alpha value is -4.09. The van der Waals surface area contributed by atoms with Crippen molar-refractivity contribution in [2.45, 2.75) is 18.8 Å². The molecule has 0 saturated carbocycles. The van der Waals surface area contributed by atoms with Crippen LogP contribution in [0.3, 0.4) is 0 Å². The zero-order valence-electron chi connectivity index (χ0n) is 19.7. The first-order valence-corrected chi connectivity index (χ1v) is 13.0. The summed E-state index contributed by atoms with van der Waals surface area (Å²) in [5.41, 5.74) is 8.14. The fourth-order valence-electron chi connectivity index (χ4n) is 5.12. The number of anilines is 1. The summed E-state index contributed by atoms with van der Waals surface area (Å²) in [6.07, 6.45) is 5.08. The quantitative estimate of drug-likeness (QED) is 0.289. The van der Waals surface area contributed by atoms with Crippen LogP contribution in [0.15, 0.2) is 109 Å². The fourth-order valence-corrected chi connectivity index (χ4v) is 5.84. The molecule has 5 aromatic rings. The number of nitrogens with zero attached hydrogens (tertiary/aromatic N) is 2. The molecule has 1 amide bonds. The third-order valence-corrected chi connectivity index (χ3v) is 7.67. The number of hydrogen-bond acceptors (Lipinski definition) is 4. The molecule has 0 bridgehead atoms. The molecule has 176 valence electrons. The molecule has 36 heavy (non-hydrogen) atoms. The van der Waals surface area contributed by atoms with E-state index < -0.39 is 0 Å². The van der Waals surface area contributed by atoms with Gasteiger partial charge in [-0.15, -0.1) is 11.3 Å². The van der Waals surface area contributed by atoms with Crippen LogP contribution in [0.1, 0.15) is 33.9 Å². The lowest BCUT2D eigenvalue weighted by atomic mass is 9.85. The minimum atomic E-state index is -0.155. The van der Waals surface area contributed by atoms with E-state index in [1.807, 2.05) is 35.7 Å². The number of fused-ring (bicyclic) bond motifs is 1. The molecular formula is C31H25N3OS. The maximum absolute atomic E-state index is 13.5. The summed E-state index contributed by atoms with van der Waals surface area (Å²) >= 11 is 1.49. The average Bonchev–Trinajstić information content (AvgIpc) is 3.54. The number of nitrogens with one attached hydrogen (secondary N) is 1. The third-order valence-electron chi connectivity index (χ3n) is 6.86. The van der Waals surface area contributed by atoms with Gasteiger partial charge >= 0.3 is 0 Å². The van der Waals surface area contributed by atoms with Crippen molar-refractivity contribution in [3.63, 3.8) is 0 Å². The second-order valence-corrected chi connectivity index (χ2v) is 10.00. The van der Waals surface area contributed by atoms with Gasteiger partial charge in [-0.25, -0.2) is 4.98 Å². The molecule has 2 atom stereocenters. The summed E-state index contributed by atoms with van der Waals surface area (Å²) < 4.78 is 0. The molecule has 0 fully saturated rings. The number of benzene rings is 3. The highest BCUT2D eigenvalue weighted by molar-refractivity contribution is 7.13. The number of rotatable bonds is 6. The van der Waals surface area contributed by atoms with E-state index in [1.54, 1.807) is 12.4 Å². The van der Waals surface area contributed by atoms with Gasteiger partial charge in [0.15, 0.2) is 5.13 Å². The van der Waals surface area contributed by atoms with Crippen LogP contribution in [0.25, 0.3) is 11.1 Å². The normalized spacial score (nSPS) is 16.4. The summed E-state index contributed by atoms with van der Waals surface area (Å²) in [4.78, 5) is 22.3. The predicted molar refractivity (Wildman–Crippen MR) is 145 cm³/mol. The molecule has 5 heteroatoms. The Morgan fingerprint density at radius 2 is 1.58 bits per heavy atom. The lowest BCUT2D eigenvalue weighted by molar-refractivity contribution is -0.120. The van der Waals surface area contributed by atoms with E-state index in [4.69, 9.17) is 4.98 Å². The molecule has 1 aliphatic carbocycles. The van der Waals surface area contributed by atoms with Gasteiger partial charge in [0.25, 0.3) is 0 Å². The second-order valence-electron chi connectivity index (χ2n) is 9.14. The SMILES string of the molecule is O=C(Nc1nc(Cc2ccc(-c3ccncc3)cc2)cs1)[C@@H]1Cc2ccccc2[C@H]1c1ccccc1. The molecule has 0 saturated heterocycles. The Labute approximate surface area is 214 Å². The van der Waals surface area contributed by atoms with Crippen molar-refractivity contribution in [1.82, 2.24) is 9.97 Å². The van der Waals surface area contributed by atoms with Crippen LogP contribution in [-0.2, 0) is 17.6 Å². The van der Waals surface area contributed by atoms with Crippen LogP contribution >= 0.6 is 11.3 Å². The van der Waals surface area contributed by atoms with Crippen LogP contribution in [0.4, 0.5) is 5.13 Å². The summed E-state index contributed by atoms with van der Waals surface area (Å²) in [6, 6.07) is 31.3. The first kappa shape index (κ1) is 22.4. The predicted octanol–water partition coefficient (Wildman–Crippen LogP) is 6.74. The zero-order valence-corrected chi connectivity index (χ0v) is 20.5. The van der Waals surface area contributed by atoms with E-state index in [0.29, 0.717) is 5.13 Å². The highest BCUT2D eigenvalue weighted by Crippen LogP contribution is 2.43. The van der Waals surface area contributed by atoms with Gasteiger partial charge in [-0.2, -0.15) is 0 Å². The van der Waals surface area contributed by atoms with Crippen molar-refractivity contribution < 1.29 is 4.79 Å². The third kappa shape index (κ3) is 4.58. The van der Waals surface area contributed by atoms with Crippen LogP contribution < -0.4 is 5.32 Å². The summed E-state index contributed by atoms with van der Waals surface area (Å²) in [5.74, 6) is -0.0683. The van der Waals surface area contributed by atoms with E-state index in [-0.39, 0.29) is 17.7 Å². The van der Waals surface area contributed by atoms with Gasteiger partial charge in [0.1, 0.15) is 0 Å².